The minimum absolute atomic E-state index is 0.00397. The summed E-state index contributed by atoms with van der Waals surface area (Å²) >= 11 is 0. The van der Waals surface area contributed by atoms with Gasteiger partial charge in [0.05, 0.1) is 26.5 Å². The number of amides is 1. The number of rotatable bonds is 10. The van der Waals surface area contributed by atoms with Gasteiger partial charge in [-0.25, -0.2) is 9.50 Å². The Labute approximate surface area is 228 Å². The van der Waals surface area contributed by atoms with Crippen molar-refractivity contribution in [2.45, 2.75) is 26.2 Å². The Hall–Kier alpha value is -4.27. The first-order valence-corrected chi connectivity index (χ1v) is 13.4. The molecule has 9 heteroatoms. The smallest absolute Gasteiger partial charge is 0.223 e. The molecule has 3 heterocycles. The third kappa shape index (κ3) is 5.92. The van der Waals surface area contributed by atoms with Gasteiger partial charge in [-0.05, 0) is 74.2 Å². The van der Waals surface area contributed by atoms with Gasteiger partial charge in [0.1, 0.15) is 11.3 Å². The Morgan fingerprint density at radius 3 is 2.51 bits per heavy atom. The SMILES string of the molecule is CCOc1ccc(-c2cc3c(N4CCC(C(=O)NCCc5ccc(OC)c(OC)c5)CC4)nccn3n2)cc1. The standard InChI is InChI=1S/C30H35N5O4/c1-4-39-24-8-6-22(7-9-24)25-20-26-29(31-15-18-35(26)33-25)34-16-12-23(13-17-34)30(36)32-14-11-21-5-10-27(37-2)28(19-21)38-3/h5-10,15,18-20,23H,4,11-14,16-17H2,1-3H3,(H,32,36). The number of fused-ring (bicyclic) bond motifs is 1. The van der Waals surface area contributed by atoms with E-state index in [-0.39, 0.29) is 11.8 Å². The van der Waals surface area contributed by atoms with E-state index in [2.05, 4.69) is 21.3 Å². The summed E-state index contributed by atoms with van der Waals surface area (Å²) in [5, 5.41) is 7.88. The first kappa shape index (κ1) is 26.3. The van der Waals surface area contributed by atoms with E-state index in [4.69, 9.17) is 19.3 Å². The monoisotopic (exact) mass is 529 g/mol. The molecule has 1 fully saturated rings. The number of nitrogens with one attached hydrogen (secondary N) is 1. The molecule has 0 spiro atoms. The summed E-state index contributed by atoms with van der Waals surface area (Å²) in [6.45, 7) is 4.73. The molecule has 1 aliphatic rings. The zero-order valence-electron chi connectivity index (χ0n) is 22.7. The molecule has 0 saturated carbocycles. The van der Waals surface area contributed by atoms with Gasteiger partial charge in [0.2, 0.25) is 5.91 Å². The first-order valence-electron chi connectivity index (χ1n) is 13.4. The second-order valence-corrected chi connectivity index (χ2v) is 9.56. The van der Waals surface area contributed by atoms with E-state index in [9.17, 15) is 4.79 Å². The van der Waals surface area contributed by atoms with E-state index in [1.807, 2.05) is 60.1 Å². The predicted molar refractivity (Wildman–Crippen MR) is 151 cm³/mol. The minimum Gasteiger partial charge on any atom is -0.494 e. The van der Waals surface area contributed by atoms with E-state index in [0.717, 1.165) is 66.3 Å². The van der Waals surface area contributed by atoms with E-state index in [1.165, 1.54) is 0 Å². The van der Waals surface area contributed by atoms with Gasteiger partial charge in [-0.3, -0.25) is 4.79 Å². The van der Waals surface area contributed by atoms with Gasteiger partial charge >= 0.3 is 0 Å². The molecule has 1 saturated heterocycles. The van der Waals surface area contributed by atoms with Crippen molar-refractivity contribution < 1.29 is 19.0 Å². The number of carbonyl (C=O) groups is 1. The first-order chi connectivity index (χ1) is 19.1. The normalized spacial score (nSPS) is 13.9. The maximum absolute atomic E-state index is 12.9. The van der Waals surface area contributed by atoms with Gasteiger partial charge in [-0.15, -0.1) is 0 Å². The number of ether oxygens (including phenoxy) is 3. The highest BCUT2D eigenvalue weighted by Gasteiger charge is 2.26. The number of aromatic nitrogens is 3. The van der Waals surface area contributed by atoms with Gasteiger partial charge in [0.15, 0.2) is 17.3 Å². The number of hydrogen-bond acceptors (Lipinski definition) is 7. The van der Waals surface area contributed by atoms with Crippen molar-refractivity contribution in [2.75, 3.05) is 45.4 Å². The van der Waals surface area contributed by atoms with Crippen LogP contribution in [0.3, 0.4) is 0 Å². The van der Waals surface area contributed by atoms with Crippen LogP contribution in [0.25, 0.3) is 16.8 Å². The van der Waals surface area contributed by atoms with Crippen molar-refractivity contribution in [1.29, 1.82) is 0 Å². The van der Waals surface area contributed by atoms with E-state index >= 15 is 0 Å². The summed E-state index contributed by atoms with van der Waals surface area (Å²) < 4.78 is 18.1. The lowest BCUT2D eigenvalue weighted by Gasteiger charge is -2.32. The lowest BCUT2D eigenvalue weighted by atomic mass is 9.95. The van der Waals surface area contributed by atoms with Crippen molar-refractivity contribution in [3.05, 3.63) is 66.5 Å². The highest BCUT2D eigenvalue weighted by molar-refractivity contribution is 5.79. The highest BCUT2D eigenvalue weighted by atomic mass is 16.5. The Morgan fingerprint density at radius 2 is 1.79 bits per heavy atom. The second-order valence-electron chi connectivity index (χ2n) is 9.56. The van der Waals surface area contributed by atoms with Gasteiger partial charge in [-0.2, -0.15) is 5.10 Å². The molecule has 2 aromatic carbocycles. The van der Waals surface area contributed by atoms with Gasteiger partial charge < -0.3 is 24.4 Å². The molecule has 1 aliphatic heterocycles. The van der Waals surface area contributed by atoms with Crippen LogP contribution < -0.4 is 24.4 Å². The number of anilines is 1. The molecule has 0 unspecified atom stereocenters. The number of piperidine rings is 1. The Kier molecular flexibility index (Phi) is 8.15. The van der Waals surface area contributed by atoms with Crippen LogP contribution in [-0.2, 0) is 11.2 Å². The fourth-order valence-corrected chi connectivity index (χ4v) is 5.05. The minimum atomic E-state index is -0.00397. The molecule has 1 amide bonds. The highest BCUT2D eigenvalue weighted by Crippen LogP contribution is 2.30. The number of nitrogens with zero attached hydrogens (tertiary/aromatic N) is 4. The van der Waals surface area contributed by atoms with Crippen LogP contribution in [0.4, 0.5) is 5.82 Å². The van der Waals surface area contributed by atoms with E-state index in [1.54, 1.807) is 20.4 Å². The molecule has 0 atom stereocenters. The van der Waals surface area contributed by atoms with E-state index < -0.39 is 0 Å². The van der Waals surface area contributed by atoms with Crippen LogP contribution in [0.5, 0.6) is 17.2 Å². The van der Waals surface area contributed by atoms with Crippen molar-refractivity contribution >= 4 is 17.2 Å². The lowest BCUT2D eigenvalue weighted by Crippen LogP contribution is -2.41. The Morgan fingerprint density at radius 1 is 1.03 bits per heavy atom. The zero-order valence-corrected chi connectivity index (χ0v) is 22.7. The van der Waals surface area contributed by atoms with Crippen molar-refractivity contribution in [1.82, 2.24) is 19.9 Å². The number of carbonyl (C=O) groups excluding carboxylic acids is 1. The summed E-state index contributed by atoms with van der Waals surface area (Å²) in [7, 11) is 3.25. The average molecular weight is 530 g/mol. The Balaban J connectivity index is 1.17. The quantitative estimate of drug-likeness (QED) is 0.326. The Bertz CT molecular complexity index is 1410. The maximum atomic E-state index is 12.9. The molecular weight excluding hydrogens is 494 g/mol. The van der Waals surface area contributed by atoms with Crippen LogP contribution in [0, 0.1) is 5.92 Å². The van der Waals surface area contributed by atoms with Crippen LogP contribution in [0.15, 0.2) is 60.9 Å². The molecular formula is C30H35N5O4. The molecule has 204 valence electrons. The maximum Gasteiger partial charge on any atom is 0.223 e. The van der Waals surface area contributed by atoms with Crippen molar-refractivity contribution in [3.8, 4) is 28.5 Å². The van der Waals surface area contributed by atoms with Gasteiger partial charge in [0, 0.05) is 43.5 Å². The summed E-state index contributed by atoms with van der Waals surface area (Å²) in [6, 6.07) is 15.9. The molecule has 5 rings (SSSR count). The number of hydrogen-bond donors (Lipinski definition) is 1. The summed E-state index contributed by atoms with van der Waals surface area (Å²) in [5.41, 5.74) is 3.96. The molecule has 1 N–H and O–H groups in total. The summed E-state index contributed by atoms with van der Waals surface area (Å²) in [4.78, 5) is 19.8. The third-order valence-corrected chi connectivity index (χ3v) is 7.16. The molecule has 2 aromatic heterocycles. The van der Waals surface area contributed by atoms with Crippen molar-refractivity contribution in [2.24, 2.45) is 5.92 Å². The topological polar surface area (TPSA) is 90.2 Å². The van der Waals surface area contributed by atoms with Crippen LogP contribution in [0.2, 0.25) is 0 Å². The predicted octanol–water partition coefficient (Wildman–Crippen LogP) is 4.39. The van der Waals surface area contributed by atoms with Crippen molar-refractivity contribution in [3.63, 3.8) is 0 Å². The lowest BCUT2D eigenvalue weighted by molar-refractivity contribution is -0.125. The molecule has 4 aromatic rings. The van der Waals surface area contributed by atoms with E-state index in [0.29, 0.717) is 24.7 Å². The summed E-state index contributed by atoms with van der Waals surface area (Å²) in [6.07, 6.45) is 5.95. The van der Waals surface area contributed by atoms with Crippen LogP contribution >= 0.6 is 0 Å². The number of methoxy groups -OCH3 is 2. The average Bonchev–Trinajstić information content (AvgIpc) is 3.42. The third-order valence-electron chi connectivity index (χ3n) is 7.16. The molecule has 0 radical (unpaired) electrons. The molecule has 39 heavy (non-hydrogen) atoms. The van der Waals surface area contributed by atoms with Gasteiger partial charge in [0.25, 0.3) is 0 Å². The molecule has 0 bridgehead atoms. The van der Waals surface area contributed by atoms with Crippen LogP contribution in [-0.4, -0.2) is 61.0 Å². The molecule has 9 nitrogen and oxygen atoms in total. The second kappa shape index (κ2) is 12.1. The fourth-order valence-electron chi connectivity index (χ4n) is 5.05. The molecule has 0 aliphatic carbocycles. The fraction of sp³-hybridized carbons (Fsp3) is 0.367. The summed E-state index contributed by atoms with van der Waals surface area (Å²) in [5.74, 6) is 3.25. The van der Waals surface area contributed by atoms with Gasteiger partial charge in [-0.1, -0.05) is 6.07 Å². The number of benzene rings is 2. The largest absolute Gasteiger partial charge is 0.494 e. The zero-order chi connectivity index (χ0) is 27.2. The van der Waals surface area contributed by atoms with Crippen LogP contribution in [0.1, 0.15) is 25.3 Å².